The zero-order valence-corrected chi connectivity index (χ0v) is 15.8. The molecule has 0 radical (unpaired) electrons. The number of unbranched alkanes of at least 4 members (excludes halogenated alkanes) is 5. The Morgan fingerprint density at radius 2 is 1.54 bits per heavy atom. The minimum Gasteiger partial charge on any atom is -0.508 e. The molecule has 2 rings (SSSR count). The van der Waals surface area contributed by atoms with E-state index in [0.717, 1.165) is 18.4 Å². The number of rotatable bonds is 10. The van der Waals surface area contributed by atoms with Crippen LogP contribution in [0, 0.1) is 0 Å². The van der Waals surface area contributed by atoms with Crippen LogP contribution in [-0.2, 0) is 16.5 Å². The summed E-state index contributed by atoms with van der Waals surface area (Å²) in [6.45, 7) is 2.20. The van der Waals surface area contributed by atoms with Crippen molar-refractivity contribution in [2.45, 2.75) is 56.8 Å². The molecule has 0 fully saturated rings. The molecule has 0 unspecified atom stereocenters. The molecule has 0 aliphatic carbocycles. The third-order valence-electron chi connectivity index (χ3n) is 4.13. The zero-order chi connectivity index (χ0) is 19.0. The molecule has 0 spiro atoms. The Bertz CT molecular complexity index is 797. The van der Waals surface area contributed by atoms with Crippen LogP contribution in [0.4, 0.5) is 0 Å². The van der Waals surface area contributed by atoms with Gasteiger partial charge in [-0.2, -0.15) is 8.42 Å². The molecule has 0 heterocycles. The van der Waals surface area contributed by atoms with Crippen LogP contribution in [0.25, 0.3) is 0 Å². The van der Waals surface area contributed by atoms with E-state index >= 15 is 0 Å². The maximum Gasteiger partial charge on any atom is 0.294 e. The third-order valence-corrected chi connectivity index (χ3v) is 5.00. The molecule has 142 valence electrons. The van der Waals surface area contributed by atoms with Crippen LogP contribution in [0.15, 0.2) is 47.4 Å². The van der Waals surface area contributed by atoms with Crippen molar-refractivity contribution in [3.05, 3.63) is 48.0 Å². The molecule has 5 nitrogen and oxygen atoms in total. The molecule has 6 heteroatoms. The summed E-state index contributed by atoms with van der Waals surface area (Å²) in [6.07, 6.45) is 8.12. The van der Waals surface area contributed by atoms with Gasteiger partial charge in [0.15, 0.2) is 0 Å². The minimum absolute atomic E-state index is 0.137. The first-order chi connectivity index (χ1) is 12.4. The van der Waals surface area contributed by atoms with Gasteiger partial charge in [-0.05, 0) is 54.8 Å². The second kappa shape index (κ2) is 9.59. The molecular weight excluding hydrogens is 352 g/mol. The van der Waals surface area contributed by atoms with Crippen molar-refractivity contribution >= 4 is 10.1 Å². The Morgan fingerprint density at radius 3 is 2.19 bits per heavy atom. The van der Waals surface area contributed by atoms with Crippen LogP contribution in [0.1, 0.15) is 51.0 Å². The van der Waals surface area contributed by atoms with Crippen LogP contribution in [0.2, 0.25) is 0 Å². The molecule has 26 heavy (non-hydrogen) atoms. The summed E-state index contributed by atoms with van der Waals surface area (Å²) in [6, 6.07) is 10.6. The van der Waals surface area contributed by atoms with Crippen molar-refractivity contribution in [3.8, 4) is 17.2 Å². The van der Waals surface area contributed by atoms with Crippen LogP contribution < -0.4 is 4.74 Å². The highest BCUT2D eigenvalue weighted by atomic mass is 32.2. The number of phenols is 1. The standard InChI is InChI=1S/C20H26O5S/c1-2-3-4-5-6-7-8-16-13-17(21)15-19(14-16)25-18-9-11-20(12-10-18)26(22,23)24/h9-15,21H,2-8H2,1H3,(H,22,23,24). The average Bonchev–Trinajstić information content (AvgIpc) is 2.57. The lowest BCUT2D eigenvalue weighted by Crippen LogP contribution is -1.97. The molecule has 0 aromatic heterocycles. The van der Waals surface area contributed by atoms with Gasteiger partial charge in [0, 0.05) is 6.07 Å². The second-order valence-electron chi connectivity index (χ2n) is 6.40. The normalized spacial score (nSPS) is 11.5. The van der Waals surface area contributed by atoms with E-state index < -0.39 is 10.1 Å². The van der Waals surface area contributed by atoms with E-state index in [1.54, 1.807) is 6.07 Å². The van der Waals surface area contributed by atoms with Crippen molar-refractivity contribution in [2.24, 2.45) is 0 Å². The van der Waals surface area contributed by atoms with Crippen molar-refractivity contribution < 1.29 is 22.8 Å². The number of benzene rings is 2. The van der Waals surface area contributed by atoms with Gasteiger partial charge in [-0.25, -0.2) is 0 Å². The predicted octanol–water partition coefficient (Wildman–Crippen LogP) is 5.33. The molecule has 2 aromatic rings. The third kappa shape index (κ3) is 6.69. The van der Waals surface area contributed by atoms with Gasteiger partial charge in [-0.1, -0.05) is 39.0 Å². The number of phenolic OH excluding ortho intramolecular Hbond substituents is 1. The molecule has 2 aromatic carbocycles. The second-order valence-corrected chi connectivity index (χ2v) is 7.82. The number of hydrogen-bond donors (Lipinski definition) is 2. The summed E-state index contributed by atoms with van der Waals surface area (Å²) in [7, 11) is -4.22. The minimum atomic E-state index is -4.22. The monoisotopic (exact) mass is 378 g/mol. The van der Waals surface area contributed by atoms with E-state index in [-0.39, 0.29) is 10.6 Å². The number of hydrogen-bond acceptors (Lipinski definition) is 4. The fourth-order valence-corrected chi connectivity index (χ4v) is 3.25. The summed E-state index contributed by atoms with van der Waals surface area (Å²) in [5, 5.41) is 9.90. The molecule has 2 N–H and O–H groups in total. The Labute approximate surface area is 155 Å². The molecule has 0 saturated carbocycles. The van der Waals surface area contributed by atoms with E-state index in [0.29, 0.717) is 11.5 Å². The highest BCUT2D eigenvalue weighted by Gasteiger charge is 2.09. The van der Waals surface area contributed by atoms with Gasteiger partial charge in [0.05, 0.1) is 4.90 Å². The summed E-state index contributed by atoms with van der Waals surface area (Å²) >= 11 is 0. The molecule has 0 saturated heterocycles. The van der Waals surface area contributed by atoms with Crippen LogP contribution in [-0.4, -0.2) is 18.1 Å². The summed E-state index contributed by atoms with van der Waals surface area (Å²) < 4.78 is 36.8. The van der Waals surface area contributed by atoms with Crippen LogP contribution >= 0.6 is 0 Å². The number of aromatic hydroxyl groups is 1. The first-order valence-corrected chi connectivity index (χ1v) is 10.4. The number of ether oxygens (including phenoxy) is 1. The smallest absolute Gasteiger partial charge is 0.294 e. The molecule has 0 bridgehead atoms. The van der Waals surface area contributed by atoms with Crippen LogP contribution in [0.5, 0.6) is 17.2 Å². The van der Waals surface area contributed by atoms with Crippen molar-refractivity contribution in [1.29, 1.82) is 0 Å². The van der Waals surface area contributed by atoms with Gasteiger partial charge in [0.25, 0.3) is 10.1 Å². The van der Waals surface area contributed by atoms with E-state index in [2.05, 4.69) is 6.92 Å². The fourth-order valence-electron chi connectivity index (χ4n) is 2.77. The quantitative estimate of drug-likeness (QED) is 0.431. The fraction of sp³-hybridized carbons (Fsp3) is 0.400. The predicted molar refractivity (Wildman–Crippen MR) is 102 cm³/mol. The van der Waals surface area contributed by atoms with Gasteiger partial charge in [0.1, 0.15) is 17.2 Å². The van der Waals surface area contributed by atoms with Crippen LogP contribution in [0.3, 0.4) is 0 Å². The Balaban J connectivity index is 1.96. The van der Waals surface area contributed by atoms with Crippen molar-refractivity contribution in [3.63, 3.8) is 0 Å². The SMILES string of the molecule is CCCCCCCCc1cc(O)cc(Oc2ccc(S(=O)(=O)O)cc2)c1. The molecular formula is C20H26O5S. The van der Waals surface area contributed by atoms with Gasteiger partial charge in [-0.15, -0.1) is 0 Å². The maximum absolute atomic E-state index is 11.1. The lowest BCUT2D eigenvalue weighted by Gasteiger charge is -2.09. The lowest BCUT2D eigenvalue weighted by atomic mass is 10.0. The topological polar surface area (TPSA) is 83.8 Å². The zero-order valence-electron chi connectivity index (χ0n) is 15.0. The molecule has 0 aliphatic rings. The van der Waals surface area contributed by atoms with Gasteiger partial charge < -0.3 is 9.84 Å². The van der Waals surface area contributed by atoms with Gasteiger partial charge >= 0.3 is 0 Å². The Morgan fingerprint density at radius 1 is 0.885 bits per heavy atom. The van der Waals surface area contributed by atoms with E-state index in [1.165, 1.54) is 62.4 Å². The molecule has 0 aliphatic heterocycles. The van der Waals surface area contributed by atoms with Gasteiger partial charge in [-0.3, -0.25) is 4.55 Å². The molecule has 0 amide bonds. The first kappa shape index (κ1) is 20.3. The van der Waals surface area contributed by atoms with Crippen molar-refractivity contribution in [2.75, 3.05) is 0 Å². The Hall–Kier alpha value is -2.05. The Kier molecular flexibility index (Phi) is 7.48. The van der Waals surface area contributed by atoms with E-state index in [4.69, 9.17) is 9.29 Å². The average molecular weight is 378 g/mol. The molecule has 0 atom stereocenters. The summed E-state index contributed by atoms with van der Waals surface area (Å²) in [5.74, 6) is 1.05. The largest absolute Gasteiger partial charge is 0.508 e. The highest BCUT2D eigenvalue weighted by molar-refractivity contribution is 7.85. The first-order valence-electron chi connectivity index (χ1n) is 8.97. The number of aryl methyl sites for hydroxylation is 1. The lowest BCUT2D eigenvalue weighted by molar-refractivity contribution is 0.453. The van der Waals surface area contributed by atoms with Crippen molar-refractivity contribution in [1.82, 2.24) is 0 Å². The summed E-state index contributed by atoms with van der Waals surface area (Å²) in [4.78, 5) is -0.190. The van der Waals surface area contributed by atoms with E-state index in [1.807, 2.05) is 6.07 Å². The highest BCUT2D eigenvalue weighted by Crippen LogP contribution is 2.28. The maximum atomic E-state index is 11.1. The summed E-state index contributed by atoms with van der Waals surface area (Å²) in [5.41, 5.74) is 1.00. The van der Waals surface area contributed by atoms with E-state index in [9.17, 15) is 13.5 Å². The van der Waals surface area contributed by atoms with Gasteiger partial charge in [0.2, 0.25) is 0 Å².